The maximum Gasteiger partial charge on any atom is 0.315 e. The first-order valence-electron chi connectivity index (χ1n) is 6.92. The Hall–Kier alpha value is -2.04. The molecule has 20 heavy (non-hydrogen) atoms. The van der Waals surface area contributed by atoms with Crippen molar-refractivity contribution in [2.24, 2.45) is 5.92 Å². The van der Waals surface area contributed by atoms with Crippen molar-refractivity contribution in [2.75, 3.05) is 0 Å². The van der Waals surface area contributed by atoms with Crippen LogP contribution in [-0.2, 0) is 4.79 Å². The van der Waals surface area contributed by atoms with Crippen LogP contribution in [0, 0.1) is 5.92 Å². The van der Waals surface area contributed by atoms with Crippen LogP contribution in [0.15, 0.2) is 30.3 Å². The number of hydrogen-bond donors (Lipinski definition) is 3. The lowest BCUT2D eigenvalue weighted by Gasteiger charge is -2.20. The fourth-order valence-electron chi connectivity index (χ4n) is 2.66. The van der Waals surface area contributed by atoms with E-state index in [0.717, 1.165) is 18.4 Å². The monoisotopic (exact) mass is 276 g/mol. The van der Waals surface area contributed by atoms with Gasteiger partial charge >= 0.3 is 12.0 Å². The number of hydrogen-bond acceptors (Lipinski definition) is 2. The molecule has 3 unspecified atom stereocenters. The number of rotatable bonds is 4. The molecule has 1 fully saturated rings. The minimum atomic E-state index is -0.830. The molecular weight excluding hydrogens is 256 g/mol. The molecule has 0 radical (unpaired) electrons. The van der Waals surface area contributed by atoms with Gasteiger partial charge in [-0.15, -0.1) is 0 Å². The number of amides is 2. The summed E-state index contributed by atoms with van der Waals surface area (Å²) in [5.74, 6) is -1.29. The van der Waals surface area contributed by atoms with Crippen LogP contribution in [0.3, 0.4) is 0 Å². The zero-order chi connectivity index (χ0) is 14.5. The second-order valence-electron chi connectivity index (χ2n) is 5.23. The third-order valence-corrected chi connectivity index (χ3v) is 3.80. The second-order valence-corrected chi connectivity index (χ2v) is 5.23. The van der Waals surface area contributed by atoms with Crippen LogP contribution in [0.2, 0.25) is 0 Å². The van der Waals surface area contributed by atoms with E-state index < -0.39 is 11.9 Å². The average molecular weight is 276 g/mol. The van der Waals surface area contributed by atoms with E-state index in [4.69, 9.17) is 5.11 Å². The number of nitrogens with one attached hydrogen (secondary N) is 2. The Morgan fingerprint density at radius 2 is 1.95 bits per heavy atom. The normalized spacial score (nSPS) is 23.1. The molecule has 5 heteroatoms. The molecule has 1 aromatic carbocycles. The number of carbonyl (C=O) groups is 2. The quantitative estimate of drug-likeness (QED) is 0.789. The van der Waals surface area contributed by atoms with Crippen molar-refractivity contribution in [2.45, 2.75) is 38.3 Å². The largest absolute Gasteiger partial charge is 0.481 e. The molecule has 3 N–H and O–H groups in total. The highest BCUT2D eigenvalue weighted by Gasteiger charge is 2.33. The molecule has 1 aliphatic rings. The first-order chi connectivity index (χ1) is 9.58. The Morgan fingerprint density at radius 3 is 2.60 bits per heavy atom. The summed E-state index contributed by atoms with van der Waals surface area (Å²) in [5.41, 5.74) is 1.02. The van der Waals surface area contributed by atoms with Crippen molar-refractivity contribution in [3.8, 4) is 0 Å². The first kappa shape index (κ1) is 14.4. The molecule has 2 amide bonds. The highest BCUT2D eigenvalue weighted by Crippen LogP contribution is 2.25. The zero-order valence-electron chi connectivity index (χ0n) is 11.5. The number of urea groups is 1. The average Bonchev–Trinajstić information content (AvgIpc) is 2.87. The molecule has 1 aromatic rings. The van der Waals surface area contributed by atoms with Crippen LogP contribution in [0.4, 0.5) is 4.79 Å². The third-order valence-electron chi connectivity index (χ3n) is 3.80. The third kappa shape index (κ3) is 3.50. The Labute approximate surface area is 118 Å². The van der Waals surface area contributed by atoms with Gasteiger partial charge < -0.3 is 15.7 Å². The van der Waals surface area contributed by atoms with E-state index in [1.807, 2.05) is 37.3 Å². The summed E-state index contributed by atoms with van der Waals surface area (Å²) in [6.45, 7) is 1.90. The van der Waals surface area contributed by atoms with E-state index >= 15 is 0 Å². The van der Waals surface area contributed by atoms with E-state index in [9.17, 15) is 9.59 Å². The standard InChI is InChI=1S/C15H20N2O3/c1-10(11-6-3-2-4-7-11)16-15(20)17-13-9-5-8-12(13)14(18)19/h2-4,6-7,10,12-13H,5,8-9H2,1H3,(H,18,19)(H2,16,17,20). The van der Waals surface area contributed by atoms with Gasteiger partial charge in [-0.3, -0.25) is 4.79 Å². The molecule has 0 bridgehead atoms. The molecule has 0 aliphatic heterocycles. The van der Waals surface area contributed by atoms with Gasteiger partial charge in [0.25, 0.3) is 0 Å². The maximum atomic E-state index is 11.9. The summed E-state index contributed by atoms with van der Waals surface area (Å²) >= 11 is 0. The second kappa shape index (κ2) is 6.41. The van der Waals surface area contributed by atoms with E-state index in [1.54, 1.807) is 0 Å². The molecule has 2 rings (SSSR count). The van der Waals surface area contributed by atoms with Gasteiger partial charge in [0.05, 0.1) is 12.0 Å². The summed E-state index contributed by atoms with van der Waals surface area (Å²) in [6.07, 6.45) is 2.20. The smallest absolute Gasteiger partial charge is 0.315 e. The fraction of sp³-hybridized carbons (Fsp3) is 0.467. The van der Waals surface area contributed by atoms with Gasteiger partial charge in [-0.25, -0.2) is 4.79 Å². The number of carboxylic acids is 1. The minimum Gasteiger partial charge on any atom is -0.481 e. The summed E-state index contributed by atoms with van der Waals surface area (Å²) in [6, 6.07) is 8.97. The van der Waals surface area contributed by atoms with Gasteiger partial charge in [-0.1, -0.05) is 36.8 Å². The van der Waals surface area contributed by atoms with Crippen LogP contribution >= 0.6 is 0 Å². The number of carboxylic acid groups (broad SMARTS) is 1. The van der Waals surface area contributed by atoms with E-state index in [-0.39, 0.29) is 18.1 Å². The number of aliphatic carboxylic acids is 1. The number of benzene rings is 1. The summed E-state index contributed by atoms with van der Waals surface area (Å²) < 4.78 is 0. The molecule has 1 aliphatic carbocycles. The Bertz CT molecular complexity index is 475. The van der Waals surface area contributed by atoms with Crippen LogP contribution in [0.1, 0.15) is 37.8 Å². The van der Waals surface area contributed by atoms with Gasteiger partial charge in [0.15, 0.2) is 0 Å². The number of carbonyl (C=O) groups excluding carboxylic acids is 1. The lowest BCUT2D eigenvalue weighted by molar-refractivity contribution is -0.142. The minimum absolute atomic E-state index is 0.110. The maximum absolute atomic E-state index is 11.9. The van der Waals surface area contributed by atoms with E-state index in [2.05, 4.69) is 10.6 Å². The van der Waals surface area contributed by atoms with Crippen molar-refractivity contribution in [1.82, 2.24) is 10.6 Å². The van der Waals surface area contributed by atoms with Crippen LogP contribution in [-0.4, -0.2) is 23.1 Å². The van der Waals surface area contributed by atoms with Gasteiger partial charge in [-0.2, -0.15) is 0 Å². The van der Waals surface area contributed by atoms with E-state index in [0.29, 0.717) is 6.42 Å². The Morgan fingerprint density at radius 1 is 1.25 bits per heavy atom. The fourth-order valence-corrected chi connectivity index (χ4v) is 2.66. The van der Waals surface area contributed by atoms with Crippen LogP contribution < -0.4 is 10.6 Å². The molecule has 0 spiro atoms. The molecule has 108 valence electrons. The molecule has 0 saturated heterocycles. The molecule has 0 aromatic heterocycles. The van der Waals surface area contributed by atoms with Crippen molar-refractivity contribution in [3.63, 3.8) is 0 Å². The SMILES string of the molecule is CC(NC(=O)NC1CCCC1C(=O)O)c1ccccc1. The molecule has 3 atom stereocenters. The topological polar surface area (TPSA) is 78.4 Å². The van der Waals surface area contributed by atoms with Gasteiger partial charge in [0.2, 0.25) is 0 Å². The van der Waals surface area contributed by atoms with Crippen LogP contribution in [0.5, 0.6) is 0 Å². The first-order valence-corrected chi connectivity index (χ1v) is 6.92. The molecular formula is C15H20N2O3. The Kier molecular flexibility index (Phi) is 4.61. The summed E-state index contributed by atoms with van der Waals surface area (Å²) in [4.78, 5) is 23.0. The Balaban J connectivity index is 1.88. The predicted octanol–water partition coefficient (Wildman–Crippen LogP) is 2.30. The van der Waals surface area contributed by atoms with Crippen molar-refractivity contribution < 1.29 is 14.7 Å². The van der Waals surface area contributed by atoms with Gasteiger partial charge in [0.1, 0.15) is 0 Å². The summed E-state index contributed by atoms with van der Waals surface area (Å²) in [5, 5.41) is 14.7. The van der Waals surface area contributed by atoms with Gasteiger partial charge in [-0.05, 0) is 25.3 Å². The van der Waals surface area contributed by atoms with Gasteiger partial charge in [0, 0.05) is 6.04 Å². The molecule has 5 nitrogen and oxygen atoms in total. The highest BCUT2D eigenvalue weighted by atomic mass is 16.4. The van der Waals surface area contributed by atoms with Crippen molar-refractivity contribution >= 4 is 12.0 Å². The highest BCUT2D eigenvalue weighted by molar-refractivity contribution is 5.77. The lowest BCUT2D eigenvalue weighted by atomic mass is 10.0. The van der Waals surface area contributed by atoms with E-state index in [1.165, 1.54) is 0 Å². The predicted molar refractivity (Wildman–Crippen MR) is 75.3 cm³/mol. The zero-order valence-corrected chi connectivity index (χ0v) is 11.5. The van der Waals surface area contributed by atoms with Crippen molar-refractivity contribution in [1.29, 1.82) is 0 Å². The van der Waals surface area contributed by atoms with Crippen LogP contribution in [0.25, 0.3) is 0 Å². The molecule has 1 saturated carbocycles. The summed E-state index contributed by atoms with van der Waals surface area (Å²) in [7, 11) is 0. The lowest BCUT2D eigenvalue weighted by Crippen LogP contribution is -2.45. The van der Waals surface area contributed by atoms with Crippen molar-refractivity contribution in [3.05, 3.63) is 35.9 Å². The molecule has 0 heterocycles.